The van der Waals surface area contributed by atoms with Crippen LogP contribution in [-0.2, 0) is 6.54 Å². The maximum Gasteiger partial charge on any atom is 0.316 e. The van der Waals surface area contributed by atoms with Gasteiger partial charge in [-0.2, -0.15) is 0 Å². The first-order chi connectivity index (χ1) is 10.1. The van der Waals surface area contributed by atoms with Crippen LogP contribution in [0, 0.1) is 8.48 Å². The molecule has 0 fully saturated rings. The summed E-state index contributed by atoms with van der Waals surface area (Å²) in [4.78, 5) is 28.7. The van der Waals surface area contributed by atoms with E-state index in [4.69, 9.17) is 5.53 Å². The van der Waals surface area contributed by atoms with E-state index in [1.807, 2.05) is 6.07 Å². The SMILES string of the molecule is [N-]=[N+]=NCc1ccc(-c2cc(I)cc(C(=O)N=O)c2)nc1. The lowest BCUT2D eigenvalue weighted by Gasteiger charge is -2.05. The van der Waals surface area contributed by atoms with Gasteiger partial charge in [0.05, 0.1) is 12.2 Å². The van der Waals surface area contributed by atoms with E-state index in [-0.39, 0.29) is 12.1 Å². The Kier molecular flexibility index (Phi) is 4.96. The minimum absolute atomic E-state index is 0.229. The lowest BCUT2D eigenvalue weighted by Crippen LogP contribution is -1.96. The van der Waals surface area contributed by atoms with Crippen LogP contribution in [0.5, 0.6) is 0 Å². The fourth-order valence-electron chi connectivity index (χ4n) is 1.72. The first-order valence-corrected chi connectivity index (χ1v) is 6.86. The fourth-order valence-corrected chi connectivity index (χ4v) is 2.39. The lowest BCUT2D eigenvalue weighted by atomic mass is 10.1. The summed E-state index contributed by atoms with van der Waals surface area (Å²) in [5.74, 6) is -0.810. The number of carbonyl (C=O) groups is 1. The van der Waals surface area contributed by atoms with Crippen molar-refractivity contribution < 1.29 is 4.79 Å². The van der Waals surface area contributed by atoms with E-state index in [1.165, 1.54) is 0 Å². The Morgan fingerprint density at radius 2 is 2.14 bits per heavy atom. The van der Waals surface area contributed by atoms with E-state index in [0.717, 1.165) is 9.13 Å². The van der Waals surface area contributed by atoms with Crippen molar-refractivity contribution in [2.75, 3.05) is 0 Å². The maximum absolute atomic E-state index is 11.4. The highest BCUT2D eigenvalue weighted by atomic mass is 127. The van der Waals surface area contributed by atoms with Gasteiger partial charge in [0.1, 0.15) is 0 Å². The molecule has 1 aromatic carbocycles. The number of nitroso groups, excluding NO2 is 1. The molecule has 7 nitrogen and oxygen atoms in total. The Hall–Kier alpha value is -2.32. The molecule has 0 aliphatic heterocycles. The van der Waals surface area contributed by atoms with Crippen molar-refractivity contribution in [2.45, 2.75) is 6.54 Å². The molecule has 0 saturated carbocycles. The molecule has 0 aliphatic carbocycles. The Balaban J connectivity index is 2.37. The Labute approximate surface area is 133 Å². The number of rotatable bonds is 4. The van der Waals surface area contributed by atoms with Crippen LogP contribution in [0.15, 0.2) is 46.8 Å². The van der Waals surface area contributed by atoms with Gasteiger partial charge in [-0.1, -0.05) is 11.2 Å². The van der Waals surface area contributed by atoms with Crippen LogP contribution in [0.3, 0.4) is 0 Å². The molecular weight excluding hydrogens is 385 g/mol. The molecule has 0 N–H and O–H groups in total. The summed E-state index contributed by atoms with van der Waals surface area (Å²) in [5.41, 5.74) is 10.6. The van der Waals surface area contributed by atoms with E-state index in [9.17, 15) is 9.70 Å². The molecule has 1 amide bonds. The number of carbonyl (C=O) groups excluding carboxylic acids is 1. The van der Waals surface area contributed by atoms with Gasteiger partial charge in [0.2, 0.25) is 0 Å². The van der Waals surface area contributed by atoms with E-state index in [1.54, 1.807) is 30.5 Å². The van der Waals surface area contributed by atoms with Crippen molar-refractivity contribution in [3.63, 3.8) is 0 Å². The summed E-state index contributed by atoms with van der Waals surface area (Å²) < 4.78 is 0.803. The monoisotopic (exact) mass is 393 g/mol. The third-order valence-electron chi connectivity index (χ3n) is 2.66. The van der Waals surface area contributed by atoms with Crippen LogP contribution in [0.1, 0.15) is 15.9 Å². The number of nitrogens with zero attached hydrogens (tertiary/aromatic N) is 5. The number of azide groups is 1. The predicted molar refractivity (Wildman–Crippen MR) is 85.4 cm³/mol. The number of amides is 1. The highest BCUT2D eigenvalue weighted by Gasteiger charge is 2.10. The van der Waals surface area contributed by atoms with E-state index < -0.39 is 5.91 Å². The van der Waals surface area contributed by atoms with Crippen LogP contribution >= 0.6 is 22.6 Å². The predicted octanol–water partition coefficient (Wildman–Crippen LogP) is 4.07. The third kappa shape index (κ3) is 3.83. The molecule has 0 spiro atoms. The Morgan fingerprint density at radius 3 is 2.76 bits per heavy atom. The largest absolute Gasteiger partial charge is 0.316 e. The van der Waals surface area contributed by atoms with Crippen molar-refractivity contribution in [2.24, 2.45) is 10.3 Å². The van der Waals surface area contributed by atoms with Crippen molar-refractivity contribution in [3.05, 3.63) is 66.6 Å². The Bertz CT molecular complexity index is 739. The number of pyridine rings is 1. The average Bonchev–Trinajstić information content (AvgIpc) is 2.52. The third-order valence-corrected chi connectivity index (χ3v) is 3.29. The molecule has 0 aliphatic rings. The van der Waals surface area contributed by atoms with Crippen LogP contribution < -0.4 is 0 Å². The lowest BCUT2D eigenvalue weighted by molar-refractivity contribution is 0.100. The molecule has 0 atom stereocenters. The second kappa shape index (κ2) is 6.91. The molecular formula is C13H8IN5O2. The topological polar surface area (TPSA) is 108 Å². The van der Waals surface area contributed by atoms with Crippen LogP contribution in [0.25, 0.3) is 21.7 Å². The molecule has 0 radical (unpaired) electrons. The highest BCUT2D eigenvalue weighted by molar-refractivity contribution is 14.1. The summed E-state index contributed by atoms with van der Waals surface area (Å²) in [6.45, 7) is 0.231. The van der Waals surface area contributed by atoms with E-state index in [0.29, 0.717) is 11.3 Å². The molecule has 1 heterocycles. The molecule has 1 aromatic heterocycles. The van der Waals surface area contributed by atoms with Crippen LogP contribution in [0.2, 0.25) is 0 Å². The van der Waals surface area contributed by atoms with Gasteiger partial charge in [-0.25, -0.2) is 0 Å². The van der Waals surface area contributed by atoms with Gasteiger partial charge in [-0.05, 0) is 58.0 Å². The Morgan fingerprint density at radius 1 is 1.33 bits per heavy atom. The second-order valence-electron chi connectivity index (χ2n) is 4.07. The fraction of sp³-hybridized carbons (Fsp3) is 0.0769. The normalized spacial score (nSPS) is 9.76. The number of hydrogen-bond acceptors (Lipinski definition) is 4. The molecule has 2 rings (SSSR count). The smallest absolute Gasteiger partial charge is 0.263 e. The van der Waals surface area contributed by atoms with E-state index >= 15 is 0 Å². The molecule has 21 heavy (non-hydrogen) atoms. The summed E-state index contributed by atoms with van der Waals surface area (Å²) >= 11 is 2.05. The number of benzene rings is 1. The molecule has 2 aromatic rings. The van der Waals surface area contributed by atoms with Gasteiger partial charge < -0.3 is 0 Å². The maximum atomic E-state index is 11.4. The van der Waals surface area contributed by atoms with Gasteiger partial charge in [0.25, 0.3) is 0 Å². The van der Waals surface area contributed by atoms with Gasteiger partial charge in [0.15, 0.2) is 0 Å². The average molecular weight is 393 g/mol. The second-order valence-corrected chi connectivity index (χ2v) is 5.31. The molecule has 0 unspecified atom stereocenters. The van der Waals surface area contributed by atoms with Crippen molar-refractivity contribution >= 4 is 28.5 Å². The summed E-state index contributed by atoms with van der Waals surface area (Å²) in [6.07, 6.45) is 1.60. The number of aromatic nitrogens is 1. The first kappa shape index (κ1) is 15.1. The van der Waals surface area contributed by atoms with Crippen molar-refractivity contribution in [1.29, 1.82) is 0 Å². The minimum atomic E-state index is -0.810. The van der Waals surface area contributed by atoms with Crippen molar-refractivity contribution in [3.8, 4) is 11.3 Å². The first-order valence-electron chi connectivity index (χ1n) is 5.78. The zero-order chi connectivity index (χ0) is 15.2. The summed E-state index contributed by atoms with van der Waals surface area (Å²) in [6, 6.07) is 8.55. The van der Waals surface area contributed by atoms with Crippen LogP contribution in [-0.4, -0.2) is 10.9 Å². The zero-order valence-electron chi connectivity index (χ0n) is 10.6. The summed E-state index contributed by atoms with van der Waals surface area (Å²) in [7, 11) is 0. The highest BCUT2D eigenvalue weighted by Crippen LogP contribution is 2.22. The molecule has 104 valence electrons. The molecule has 0 saturated heterocycles. The van der Waals surface area contributed by atoms with Gasteiger partial charge >= 0.3 is 5.91 Å². The number of hydrogen-bond donors (Lipinski definition) is 0. The van der Waals surface area contributed by atoms with Gasteiger partial charge in [-0.15, -0.1) is 4.91 Å². The molecule has 8 heteroatoms. The van der Waals surface area contributed by atoms with Gasteiger partial charge in [-0.3, -0.25) is 9.78 Å². The van der Waals surface area contributed by atoms with Gasteiger partial charge in [0, 0.05) is 31.0 Å². The standard InChI is InChI=1S/C13H8IN5O2/c14-11-4-9(3-10(5-11)13(20)18-21)12-2-1-8(6-16-12)7-17-19-15/h1-6H,7H2. The zero-order valence-corrected chi connectivity index (χ0v) is 12.8. The minimum Gasteiger partial charge on any atom is -0.263 e. The van der Waals surface area contributed by atoms with Crippen molar-refractivity contribution in [1.82, 2.24) is 4.98 Å². The molecule has 0 bridgehead atoms. The number of halogens is 1. The van der Waals surface area contributed by atoms with E-state index in [2.05, 4.69) is 42.8 Å². The summed E-state index contributed by atoms with van der Waals surface area (Å²) in [5, 5.41) is 5.88. The van der Waals surface area contributed by atoms with Crippen LogP contribution in [0.4, 0.5) is 0 Å². The quantitative estimate of drug-likeness (QED) is 0.257.